The molecule has 0 aliphatic heterocycles. The van der Waals surface area contributed by atoms with Gasteiger partial charge >= 0.3 is 6.03 Å². The SMILES string of the molecule is COCCN(Cc1cccn1Cc1ccc(C)cc1)C(=O)Nc1ccc(OC)cc1OC. The van der Waals surface area contributed by atoms with Gasteiger partial charge in [0.25, 0.3) is 0 Å². The minimum Gasteiger partial charge on any atom is -0.497 e. The van der Waals surface area contributed by atoms with Crippen molar-refractivity contribution < 1.29 is 19.0 Å². The van der Waals surface area contributed by atoms with Crippen LogP contribution in [0.2, 0.25) is 0 Å². The molecule has 7 heteroatoms. The first-order valence-corrected chi connectivity index (χ1v) is 10.5. The highest BCUT2D eigenvalue weighted by molar-refractivity contribution is 5.91. The third kappa shape index (κ3) is 6.04. The summed E-state index contributed by atoms with van der Waals surface area (Å²) in [6.45, 7) is 4.17. The molecule has 3 aromatic rings. The molecule has 2 aromatic carbocycles. The molecule has 0 atom stereocenters. The fourth-order valence-electron chi connectivity index (χ4n) is 3.38. The van der Waals surface area contributed by atoms with Gasteiger partial charge in [0.15, 0.2) is 0 Å². The van der Waals surface area contributed by atoms with E-state index in [0.717, 1.165) is 12.2 Å². The number of carbonyl (C=O) groups excluding carboxylic acids is 1. The fraction of sp³-hybridized carbons (Fsp3) is 0.320. The van der Waals surface area contributed by atoms with E-state index in [0.29, 0.717) is 36.9 Å². The Bertz CT molecular complexity index is 1010. The van der Waals surface area contributed by atoms with Crippen molar-refractivity contribution in [3.05, 3.63) is 77.6 Å². The summed E-state index contributed by atoms with van der Waals surface area (Å²) in [6.07, 6.45) is 2.04. The molecule has 0 unspecified atom stereocenters. The first-order chi connectivity index (χ1) is 15.5. The number of carbonyl (C=O) groups is 1. The van der Waals surface area contributed by atoms with Crippen molar-refractivity contribution in [1.82, 2.24) is 9.47 Å². The minimum absolute atomic E-state index is 0.228. The first-order valence-electron chi connectivity index (χ1n) is 10.5. The van der Waals surface area contributed by atoms with Crippen LogP contribution >= 0.6 is 0 Å². The fourth-order valence-corrected chi connectivity index (χ4v) is 3.38. The van der Waals surface area contributed by atoms with Gasteiger partial charge in [-0.25, -0.2) is 4.79 Å². The van der Waals surface area contributed by atoms with E-state index >= 15 is 0 Å². The molecule has 0 bridgehead atoms. The lowest BCUT2D eigenvalue weighted by Gasteiger charge is -2.24. The van der Waals surface area contributed by atoms with E-state index in [1.807, 2.05) is 18.3 Å². The normalized spacial score (nSPS) is 10.6. The summed E-state index contributed by atoms with van der Waals surface area (Å²) in [5, 5.41) is 2.95. The molecule has 0 fully saturated rings. The lowest BCUT2D eigenvalue weighted by molar-refractivity contribution is 0.151. The van der Waals surface area contributed by atoms with Crippen molar-refractivity contribution in [2.75, 3.05) is 39.8 Å². The van der Waals surface area contributed by atoms with Gasteiger partial charge in [0.05, 0.1) is 33.1 Å². The second kappa shape index (κ2) is 11.2. The molecule has 32 heavy (non-hydrogen) atoms. The molecule has 3 rings (SSSR count). The Morgan fingerprint density at radius 3 is 2.50 bits per heavy atom. The summed E-state index contributed by atoms with van der Waals surface area (Å²) < 4.78 is 18.0. The highest BCUT2D eigenvalue weighted by atomic mass is 16.5. The molecule has 1 heterocycles. The summed E-state index contributed by atoms with van der Waals surface area (Å²) in [6, 6.07) is 17.6. The quantitative estimate of drug-likeness (QED) is 0.506. The largest absolute Gasteiger partial charge is 0.497 e. The van der Waals surface area contributed by atoms with E-state index in [9.17, 15) is 4.79 Å². The summed E-state index contributed by atoms with van der Waals surface area (Å²) in [7, 11) is 4.78. The van der Waals surface area contributed by atoms with Crippen molar-refractivity contribution in [3.8, 4) is 11.5 Å². The van der Waals surface area contributed by atoms with Gasteiger partial charge in [0.1, 0.15) is 11.5 Å². The number of ether oxygens (including phenoxy) is 3. The number of anilines is 1. The second-order valence-corrected chi connectivity index (χ2v) is 7.52. The van der Waals surface area contributed by atoms with Gasteiger partial charge in [-0.2, -0.15) is 0 Å². The first kappa shape index (κ1) is 23.2. The van der Waals surface area contributed by atoms with Gasteiger partial charge < -0.3 is 29.0 Å². The van der Waals surface area contributed by atoms with Crippen molar-refractivity contribution >= 4 is 11.7 Å². The maximum atomic E-state index is 13.1. The summed E-state index contributed by atoms with van der Waals surface area (Å²) in [4.78, 5) is 14.9. The van der Waals surface area contributed by atoms with Crippen LogP contribution in [0.3, 0.4) is 0 Å². The molecular formula is C25H31N3O4. The standard InChI is InChI=1S/C25H31N3O4/c1-19-7-9-20(10-8-19)17-27-13-5-6-21(27)18-28(14-15-30-2)25(29)26-23-12-11-22(31-3)16-24(23)32-4/h5-13,16H,14-15,17-18H2,1-4H3,(H,26,29). The van der Waals surface area contributed by atoms with E-state index in [1.54, 1.807) is 44.4 Å². The Labute approximate surface area is 189 Å². The molecular weight excluding hydrogens is 406 g/mol. The number of hydrogen-bond acceptors (Lipinski definition) is 4. The van der Waals surface area contributed by atoms with Crippen LogP contribution in [0.25, 0.3) is 0 Å². The topological polar surface area (TPSA) is 65.0 Å². The summed E-state index contributed by atoms with van der Waals surface area (Å²) in [5.41, 5.74) is 4.07. The van der Waals surface area contributed by atoms with Gasteiger partial charge in [-0.05, 0) is 36.8 Å². The molecule has 0 aliphatic rings. The van der Waals surface area contributed by atoms with Crippen molar-refractivity contribution in [2.24, 2.45) is 0 Å². The van der Waals surface area contributed by atoms with Crippen LogP contribution in [0.15, 0.2) is 60.8 Å². The van der Waals surface area contributed by atoms with Crippen LogP contribution in [0.1, 0.15) is 16.8 Å². The highest BCUT2D eigenvalue weighted by Crippen LogP contribution is 2.29. The number of benzene rings is 2. The molecule has 0 saturated heterocycles. The van der Waals surface area contributed by atoms with Crippen LogP contribution in [0.5, 0.6) is 11.5 Å². The third-order valence-corrected chi connectivity index (χ3v) is 5.25. The van der Waals surface area contributed by atoms with Crippen LogP contribution in [0, 0.1) is 6.92 Å². The molecule has 0 radical (unpaired) electrons. The average molecular weight is 438 g/mol. The molecule has 0 aliphatic carbocycles. The van der Waals surface area contributed by atoms with Crippen LogP contribution in [0.4, 0.5) is 10.5 Å². The number of aromatic nitrogens is 1. The molecule has 1 N–H and O–H groups in total. The monoisotopic (exact) mass is 437 g/mol. The van der Waals surface area contributed by atoms with Crippen molar-refractivity contribution in [2.45, 2.75) is 20.0 Å². The van der Waals surface area contributed by atoms with Gasteiger partial charge in [-0.3, -0.25) is 0 Å². The molecule has 0 saturated carbocycles. The number of methoxy groups -OCH3 is 3. The number of nitrogens with one attached hydrogen (secondary N) is 1. The van der Waals surface area contributed by atoms with E-state index < -0.39 is 0 Å². The van der Waals surface area contributed by atoms with E-state index in [2.05, 4.69) is 41.1 Å². The van der Waals surface area contributed by atoms with Crippen molar-refractivity contribution in [1.29, 1.82) is 0 Å². The van der Waals surface area contributed by atoms with E-state index in [-0.39, 0.29) is 6.03 Å². The smallest absolute Gasteiger partial charge is 0.322 e. The van der Waals surface area contributed by atoms with Gasteiger partial charge in [-0.15, -0.1) is 0 Å². The summed E-state index contributed by atoms with van der Waals surface area (Å²) in [5.74, 6) is 1.19. The Kier molecular flexibility index (Phi) is 8.16. The van der Waals surface area contributed by atoms with Crippen LogP contribution in [-0.4, -0.2) is 50.0 Å². The minimum atomic E-state index is -0.228. The maximum absolute atomic E-state index is 13.1. The van der Waals surface area contributed by atoms with Gasteiger partial charge in [-0.1, -0.05) is 29.8 Å². The third-order valence-electron chi connectivity index (χ3n) is 5.25. The Hall–Kier alpha value is -3.45. The van der Waals surface area contributed by atoms with Gasteiger partial charge in [0.2, 0.25) is 0 Å². The average Bonchev–Trinajstić information content (AvgIpc) is 3.24. The van der Waals surface area contributed by atoms with Crippen LogP contribution in [-0.2, 0) is 17.8 Å². The Morgan fingerprint density at radius 2 is 1.81 bits per heavy atom. The lowest BCUT2D eigenvalue weighted by atomic mass is 10.1. The molecule has 0 spiro atoms. The number of nitrogens with zero attached hydrogens (tertiary/aromatic N) is 2. The maximum Gasteiger partial charge on any atom is 0.322 e. The zero-order chi connectivity index (χ0) is 22.9. The number of amides is 2. The molecule has 7 nitrogen and oxygen atoms in total. The predicted octanol–water partition coefficient (Wildman–Crippen LogP) is 4.54. The lowest BCUT2D eigenvalue weighted by Crippen LogP contribution is -2.37. The summed E-state index contributed by atoms with van der Waals surface area (Å²) >= 11 is 0. The Morgan fingerprint density at radius 1 is 1.03 bits per heavy atom. The second-order valence-electron chi connectivity index (χ2n) is 7.52. The zero-order valence-corrected chi connectivity index (χ0v) is 19.1. The van der Waals surface area contributed by atoms with Crippen molar-refractivity contribution in [3.63, 3.8) is 0 Å². The molecule has 2 amide bonds. The number of urea groups is 1. The highest BCUT2D eigenvalue weighted by Gasteiger charge is 2.18. The van der Waals surface area contributed by atoms with E-state index in [1.165, 1.54) is 11.1 Å². The zero-order valence-electron chi connectivity index (χ0n) is 19.1. The van der Waals surface area contributed by atoms with Gasteiger partial charge in [0, 0.05) is 38.2 Å². The molecule has 1 aromatic heterocycles. The Balaban J connectivity index is 1.75. The van der Waals surface area contributed by atoms with Crippen LogP contribution < -0.4 is 14.8 Å². The predicted molar refractivity (Wildman–Crippen MR) is 126 cm³/mol. The molecule has 170 valence electrons. The number of rotatable bonds is 10. The number of aryl methyl sites for hydroxylation is 1. The van der Waals surface area contributed by atoms with E-state index in [4.69, 9.17) is 14.2 Å². The number of hydrogen-bond donors (Lipinski definition) is 1.